The summed E-state index contributed by atoms with van der Waals surface area (Å²) in [7, 11) is 0. The molecular weight excluding hydrogens is 329 g/mol. The minimum absolute atomic E-state index is 0.251. The van der Waals surface area contributed by atoms with Crippen LogP contribution in [0.1, 0.15) is 16.8 Å². The quantitative estimate of drug-likeness (QED) is 0.667. The molecule has 1 aromatic heterocycles. The SMILES string of the molecule is Cc1cc(C)nc(NCc2cc(O)c(N3CC(=O)NN3O)c(F)c2)c1. The van der Waals surface area contributed by atoms with E-state index in [4.69, 9.17) is 0 Å². The van der Waals surface area contributed by atoms with Gasteiger partial charge in [0, 0.05) is 12.2 Å². The molecule has 0 unspecified atom stereocenters. The Morgan fingerprint density at radius 3 is 2.68 bits per heavy atom. The second-order valence-corrected chi connectivity index (χ2v) is 5.85. The van der Waals surface area contributed by atoms with Crippen LogP contribution in [0.15, 0.2) is 24.3 Å². The number of halogens is 1. The van der Waals surface area contributed by atoms with E-state index in [1.807, 2.05) is 26.0 Å². The van der Waals surface area contributed by atoms with Crippen LogP contribution >= 0.6 is 0 Å². The smallest absolute Gasteiger partial charge is 0.258 e. The number of carbonyl (C=O) groups is 1. The number of phenolic OH excluding ortho intramolecular Hbond substituents is 1. The van der Waals surface area contributed by atoms with E-state index >= 15 is 0 Å². The second-order valence-electron chi connectivity index (χ2n) is 5.85. The Labute approximate surface area is 143 Å². The van der Waals surface area contributed by atoms with Gasteiger partial charge in [-0.3, -0.25) is 10.0 Å². The first-order chi connectivity index (χ1) is 11.8. The molecule has 132 valence electrons. The normalized spacial score (nSPS) is 14.7. The van der Waals surface area contributed by atoms with Crippen molar-refractivity contribution in [2.24, 2.45) is 0 Å². The Morgan fingerprint density at radius 2 is 2.08 bits per heavy atom. The molecule has 3 rings (SSSR count). The lowest BCUT2D eigenvalue weighted by Gasteiger charge is -2.23. The van der Waals surface area contributed by atoms with Crippen LogP contribution in [0.3, 0.4) is 0 Å². The predicted molar refractivity (Wildman–Crippen MR) is 88.2 cm³/mol. The van der Waals surface area contributed by atoms with E-state index < -0.39 is 11.7 Å². The summed E-state index contributed by atoms with van der Waals surface area (Å²) in [6.07, 6.45) is 0. The standard InChI is InChI=1S/C16H18FN5O3/c1-9-3-10(2)19-14(4-9)18-7-11-5-12(17)16(13(23)6-11)21-8-15(24)20-22(21)25/h3-6,23,25H,7-8H2,1-2H3,(H,18,19)(H,20,24). The van der Waals surface area contributed by atoms with E-state index in [1.54, 1.807) is 0 Å². The Kier molecular flexibility index (Phi) is 4.43. The van der Waals surface area contributed by atoms with Gasteiger partial charge < -0.3 is 10.4 Å². The number of rotatable bonds is 4. The van der Waals surface area contributed by atoms with E-state index in [-0.39, 0.29) is 24.5 Å². The fourth-order valence-electron chi connectivity index (χ4n) is 2.71. The Morgan fingerprint density at radius 1 is 1.32 bits per heavy atom. The van der Waals surface area contributed by atoms with Crippen molar-refractivity contribution in [1.29, 1.82) is 0 Å². The van der Waals surface area contributed by atoms with Gasteiger partial charge in [-0.2, -0.15) is 0 Å². The molecule has 1 fully saturated rings. The van der Waals surface area contributed by atoms with Crippen LogP contribution in [0.5, 0.6) is 5.75 Å². The van der Waals surface area contributed by atoms with Crippen molar-refractivity contribution < 1.29 is 19.5 Å². The van der Waals surface area contributed by atoms with Gasteiger partial charge in [0.1, 0.15) is 23.8 Å². The van der Waals surface area contributed by atoms with Gasteiger partial charge in [-0.25, -0.2) is 19.8 Å². The zero-order valence-corrected chi connectivity index (χ0v) is 13.7. The summed E-state index contributed by atoms with van der Waals surface area (Å²) in [6.45, 7) is 3.78. The number of hydrazine groups is 2. The highest BCUT2D eigenvalue weighted by Crippen LogP contribution is 2.33. The predicted octanol–water partition coefficient (Wildman–Crippen LogP) is 1.61. The summed E-state index contributed by atoms with van der Waals surface area (Å²) in [5.41, 5.74) is 4.19. The van der Waals surface area contributed by atoms with Crippen molar-refractivity contribution in [1.82, 2.24) is 15.7 Å². The Balaban J connectivity index is 1.79. The third-order valence-corrected chi connectivity index (χ3v) is 3.68. The maximum atomic E-state index is 14.4. The van der Waals surface area contributed by atoms with Crippen molar-refractivity contribution >= 4 is 17.4 Å². The monoisotopic (exact) mass is 347 g/mol. The molecule has 8 nitrogen and oxygen atoms in total. The number of amides is 1. The molecule has 9 heteroatoms. The molecule has 0 saturated carbocycles. The molecule has 2 heterocycles. The maximum absolute atomic E-state index is 14.4. The molecule has 0 radical (unpaired) electrons. The third-order valence-electron chi connectivity index (χ3n) is 3.68. The number of carbonyl (C=O) groups excluding carboxylic acids is 1. The largest absolute Gasteiger partial charge is 0.506 e. The molecule has 0 aliphatic carbocycles. The molecule has 1 aromatic carbocycles. The molecule has 1 saturated heterocycles. The zero-order chi connectivity index (χ0) is 18.1. The lowest BCUT2D eigenvalue weighted by Crippen LogP contribution is -2.39. The van der Waals surface area contributed by atoms with Crippen molar-refractivity contribution in [3.05, 3.63) is 46.9 Å². The van der Waals surface area contributed by atoms with Crippen LogP contribution in [0.25, 0.3) is 0 Å². The molecular formula is C16H18FN5O3. The first kappa shape index (κ1) is 16.9. The fraction of sp³-hybridized carbons (Fsp3) is 0.250. The van der Waals surface area contributed by atoms with Crippen LogP contribution in [0.4, 0.5) is 15.9 Å². The van der Waals surface area contributed by atoms with Crippen molar-refractivity contribution in [2.45, 2.75) is 20.4 Å². The summed E-state index contributed by atoms with van der Waals surface area (Å²) >= 11 is 0. The molecule has 0 spiro atoms. The Hall–Kier alpha value is -2.91. The van der Waals surface area contributed by atoms with Gasteiger partial charge in [-0.1, -0.05) is 0 Å². The maximum Gasteiger partial charge on any atom is 0.258 e. The summed E-state index contributed by atoms with van der Waals surface area (Å²) in [4.78, 5) is 15.6. The van der Waals surface area contributed by atoms with Crippen molar-refractivity contribution in [3.8, 4) is 5.75 Å². The van der Waals surface area contributed by atoms with Crippen LogP contribution in [-0.4, -0.2) is 33.0 Å². The summed E-state index contributed by atoms with van der Waals surface area (Å²) in [5, 5.41) is 24.0. The van der Waals surface area contributed by atoms with Gasteiger partial charge in [0.2, 0.25) is 0 Å². The second kappa shape index (κ2) is 6.54. The summed E-state index contributed by atoms with van der Waals surface area (Å²) in [5.74, 6) is -1.02. The average molecular weight is 347 g/mol. The molecule has 4 N–H and O–H groups in total. The number of phenols is 1. The molecule has 1 amide bonds. The zero-order valence-electron chi connectivity index (χ0n) is 13.7. The van der Waals surface area contributed by atoms with Crippen LogP contribution in [0.2, 0.25) is 0 Å². The molecule has 2 aromatic rings. The van der Waals surface area contributed by atoms with Crippen LogP contribution in [-0.2, 0) is 11.3 Å². The molecule has 0 atom stereocenters. The van der Waals surface area contributed by atoms with E-state index in [9.17, 15) is 19.5 Å². The Bertz CT molecular complexity index is 786. The lowest BCUT2D eigenvalue weighted by atomic mass is 10.1. The molecule has 0 bridgehead atoms. The highest BCUT2D eigenvalue weighted by molar-refractivity contribution is 5.84. The van der Waals surface area contributed by atoms with Crippen LogP contribution in [0, 0.1) is 19.7 Å². The number of hydrogen-bond acceptors (Lipinski definition) is 7. The van der Waals surface area contributed by atoms with E-state index in [0.717, 1.165) is 16.3 Å². The molecule has 1 aliphatic rings. The van der Waals surface area contributed by atoms with E-state index in [0.29, 0.717) is 16.7 Å². The number of aromatic nitrogens is 1. The number of anilines is 2. The fourth-order valence-corrected chi connectivity index (χ4v) is 2.71. The number of pyridine rings is 1. The number of aryl methyl sites for hydroxylation is 2. The number of benzene rings is 1. The van der Waals surface area contributed by atoms with Crippen LogP contribution < -0.4 is 15.8 Å². The number of nitrogens with one attached hydrogen (secondary N) is 2. The lowest BCUT2D eigenvalue weighted by molar-refractivity contribution is -0.144. The van der Waals surface area contributed by atoms with E-state index in [1.165, 1.54) is 12.1 Å². The van der Waals surface area contributed by atoms with Gasteiger partial charge in [-0.15, -0.1) is 0 Å². The van der Waals surface area contributed by atoms with Crippen molar-refractivity contribution in [2.75, 3.05) is 16.9 Å². The minimum atomic E-state index is -0.763. The summed E-state index contributed by atoms with van der Waals surface area (Å²) < 4.78 is 14.4. The first-order valence-corrected chi connectivity index (χ1v) is 7.60. The highest BCUT2D eigenvalue weighted by Gasteiger charge is 2.31. The number of aromatic hydroxyl groups is 1. The topological polar surface area (TPSA) is 101 Å². The molecule has 25 heavy (non-hydrogen) atoms. The van der Waals surface area contributed by atoms with Gasteiger partial charge in [0.15, 0.2) is 5.82 Å². The summed E-state index contributed by atoms with van der Waals surface area (Å²) in [6, 6.07) is 6.40. The van der Waals surface area contributed by atoms with E-state index in [2.05, 4.69) is 15.7 Å². The minimum Gasteiger partial charge on any atom is -0.506 e. The van der Waals surface area contributed by atoms with Gasteiger partial charge >= 0.3 is 0 Å². The van der Waals surface area contributed by atoms with Crippen molar-refractivity contribution in [3.63, 3.8) is 0 Å². The van der Waals surface area contributed by atoms with Gasteiger partial charge in [0.05, 0.1) is 0 Å². The van der Waals surface area contributed by atoms with Gasteiger partial charge in [-0.05, 0) is 54.5 Å². The van der Waals surface area contributed by atoms with Gasteiger partial charge in [0.25, 0.3) is 5.91 Å². The number of nitrogens with zero attached hydrogens (tertiary/aromatic N) is 3. The average Bonchev–Trinajstić information content (AvgIpc) is 2.82. The third kappa shape index (κ3) is 3.62. The highest BCUT2D eigenvalue weighted by atomic mass is 19.1. The number of hydrogen-bond donors (Lipinski definition) is 4. The molecule has 1 aliphatic heterocycles. The first-order valence-electron chi connectivity index (χ1n) is 7.60.